The van der Waals surface area contributed by atoms with E-state index < -0.39 is 11.6 Å². The first kappa shape index (κ1) is 16.1. The molecule has 1 fully saturated rings. The van der Waals surface area contributed by atoms with Crippen LogP contribution in [0.25, 0.3) is 0 Å². The zero-order chi connectivity index (χ0) is 18.3. The van der Waals surface area contributed by atoms with E-state index in [4.69, 9.17) is 4.74 Å². The molecule has 2 heterocycles. The number of benzene rings is 3. The molecular formula is C24H21NO2. The molecule has 134 valence electrons. The zero-order valence-corrected chi connectivity index (χ0v) is 15.0. The van der Waals surface area contributed by atoms with Crippen LogP contribution in [-0.2, 0) is 16.8 Å². The van der Waals surface area contributed by atoms with Crippen LogP contribution in [0, 0.1) is 0 Å². The lowest BCUT2D eigenvalue weighted by atomic mass is 9.69. The lowest BCUT2D eigenvalue weighted by Gasteiger charge is -2.57. The van der Waals surface area contributed by atoms with E-state index in [0.29, 0.717) is 0 Å². The normalized spacial score (nSPS) is 23.6. The van der Waals surface area contributed by atoms with Crippen LogP contribution in [0.15, 0.2) is 84.9 Å². The van der Waals surface area contributed by atoms with Gasteiger partial charge >= 0.3 is 0 Å². The third-order valence-corrected chi connectivity index (χ3v) is 5.76. The van der Waals surface area contributed by atoms with Crippen LogP contribution in [0.3, 0.4) is 0 Å². The Labute approximate surface area is 159 Å². The Hall–Kier alpha value is -3.07. The van der Waals surface area contributed by atoms with Gasteiger partial charge in [-0.15, -0.1) is 0 Å². The van der Waals surface area contributed by atoms with Crippen LogP contribution in [0.1, 0.15) is 23.1 Å². The van der Waals surface area contributed by atoms with Crippen molar-refractivity contribution in [3.63, 3.8) is 0 Å². The molecule has 1 saturated heterocycles. The Morgan fingerprint density at radius 3 is 2.30 bits per heavy atom. The molecule has 0 N–H and O–H groups in total. The van der Waals surface area contributed by atoms with Crippen molar-refractivity contribution in [1.82, 2.24) is 4.90 Å². The molecular weight excluding hydrogens is 334 g/mol. The number of fused-ring (bicyclic) bond motifs is 3. The first-order chi connectivity index (χ1) is 13.3. The van der Waals surface area contributed by atoms with Gasteiger partial charge in [0.1, 0.15) is 11.3 Å². The first-order valence-electron chi connectivity index (χ1n) is 9.49. The molecule has 2 aliphatic heterocycles. The van der Waals surface area contributed by atoms with E-state index in [-0.39, 0.29) is 5.91 Å². The van der Waals surface area contributed by atoms with Crippen molar-refractivity contribution in [3.8, 4) is 5.75 Å². The van der Waals surface area contributed by atoms with Gasteiger partial charge in [0.15, 0.2) is 0 Å². The van der Waals surface area contributed by atoms with E-state index >= 15 is 0 Å². The number of carbonyl (C=O) groups excluding carboxylic acids is 1. The van der Waals surface area contributed by atoms with Crippen molar-refractivity contribution in [1.29, 1.82) is 0 Å². The maximum Gasteiger partial charge on any atom is 0.268 e. The van der Waals surface area contributed by atoms with Crippen LogP contribution in [0.4, 0.5) is 0 Å². The Balaban J connectivity index is 1.71. The van der Waals surface area contributed by atoms with Crippen molar-refractivity contribution >= 4 is 5.91 Å². The minimum Gasteiger partial charge on any atom is -0.477 e. The number of β-lactam (4-membered cyclic amide) rings is 1. The first-order valence-corrected chi connectivity index (χ1v) is 9.49. The van der Waals surface area contributed by atoms with Crippen molar-refractivity contribution in [2.75, 3.05) is 6.54 Å². The zero-order valence-electron chi connectivity index (χ0n) is 15.0. The molecule has 5 rings (SSSR count). The van der Waals surface area contributed by atoms with E-state index in [9.17, 15) is 4.79 Å². The van der Waals surface area contributed by atoms with Crippen molar-refractivity contribution in [2.45, 2.75) is 24.5 Å². The number of nitrogens with zero attached hydrogens (tertiary/aromatic N) is 1. The maximum absolute atomic E-state index is 13.1. The van der Waals surface area contributed by atoms with E-state index in [1.807, 2.05) is 53.4 Å². The predicted molar refractivity (Wildman–Crippen MR) is 105 cm³/mol. The number of amides is 1. The highest BCUT2D eigenvalue weighted by Gasteiger charge is 2.64. The number of aryl methyl sites for hydroxylation is 1. The molecule has 2 aliphatic rings. The van der Waals surface area contributed by atoms with Gasteiger partial charge in [0.05, 0.1) is 0 Å². The maximum atomic E-state index is 13.1. The third-order valence-electron chi connectivity index (χ3n) is 5.76. The highest BCUT2D eigenvalue weighted by atomic mass is 16.5. The minimum absolute atomic E-state index is 0.0689. The Bertz CT molecular complexity index is 970. The number of para-hydroxylation sites is 1. The van der Waals surface area contributed by atoms with Crippen LogP contribution in [0.5, 0.6) is 5.75 Å². The van der Waals surface area contributed by atoms with E-state index in [1.165, 1.54) is 11.1 Å². The monoisotopic (exact) mass is 355 g/mol. The second-order valence-corrected chi connectivity index (χ2v) is 7.19. The summed E-state index contributed by atoms with van der Waals surface area (Å²) >= 11 is 0. The lowest BCUT2D eigenvalue weighted by molar-refractivity contribution is -0.176. The van der Waals surface area contributed by atoms with Gasteiger partial charge in [-0.1, -0.05) is 72.8 Å². The third kappa shape index (κ3) is 2.31. The quantitative estimate of drug-likeness (QED) is 0.660. The highest BCUT2D eigenvalue weighted by molar-refractivity contribution is 5.93. The number of carbonyl (C=O) groups is 1. The summed E-state index contributed by atoms with van der Waals surface area (Å²) in [6.07, 6.45) is 1.39. The van der Waals surface area contributed by atoms with Gasteiger partial charge < -0.3 is 9.64 Å². The van der Waals surface area contributed by atoms with Crippen LogP contribution >= 0.6 is 0 Å². The second-order valence-electron chi connectivity index (χ2n) is 7.19. The number of hydrogen-bond acceptors (Lipinski definition) is 2. The molecule has 0 unspecified atom stereocenters. The summed E-state index contributed by atoms with van der Waals surface area (Å²) in [6, 6.07) is 28.5. The Morgan fingerprint density at radius 2 is 1.52 bits per heavy atom. The average Bonchev–Trinajstić information content (AvgIpc) is 2.89. The van der Waals surface area contributed by atoms with Crippen molar-refractivity contribution < 1.29 is 9.53 Å². The molecule has 1 amide bonds. The molecule has 0 spiro atoms. The highest BCUT2D eigenvalue weighted by Crippen LogP contribution is 2.51. The second kappa shape index (κ2) is 6.27. The number of rotatable bonds is 3. The van der Waals surface area contributed by atoms with Crippen LogP contribution < -0.4 is 4.74 Å². The van der Waals surface area contributed by atoms with Gasteiger partial charge in [-0.3, -0.25) is 4.79 Å². The van der Waals surface area contributed by atoms with Crippen molar-refractivity contribution in [2.24, 2.45) is 0 Å². The van der Waals surface area contributed by atoms with E-state index in [2.05, 4.69) is 36.4 Å². The Kier molecular flexibility index (Phi) is 3.75. The molecule has 0 aromatic heterocycles. The molecule has 0 aliphatic carbocycles. The van der Waals surface area contributed by atoms with Gasteiger partial charge in [-0.05, 0) is 41.7 Å². The summed E-state index contributed by atoms with van der Waals surface area (Å²) in [5, 5.41) is 0. The number of ether oxygens (including phenoxy) is 1. The topological polar surface area (TPSA) is 29.5 Å². The largest absolute Gasteiger partial charge is 0.477 e. The molecule has 3 heteroatoms. The molecule has 3 nitrogen and oxygen atoms in total. The van der Waals surface area contributed by atoms with Crippen molar-refractivity contribution in [3.05, 3.63) is 102 Å². The predicted octanol–water partition coefficient (Wildman–Crippen LogP) is 4.17. The van der Waals surface area contributed by atoms with Gasteiger partial charge in [0.25, 0.3) is 5.91 Å². The molecule has 0 bridgehead atoms. The van der Waals surface area contributed by atoms with E-state index in [0.717, 1.165) is 30.7 Å². The molecule has 0 saturated carbocycles. The fourth-order valence-electron chi connectivity index (χ4n) is 4.61. The molecule has 27 heavy (non-hydrogen) atoms. The molecule has 0 radical (unpaired) electrons. The van der Waals surface area contributed by atoms with Gasteiger partial charge in [0, 0.05) is 6.54 Å². The minimum atomic E-state index is -0.568. The molecule has 3 aromatic carbocycles. The summed E-state index contributed by atoms with van der Waals surface area (Å²) in [6.45, 7) is 0.747. The van der Waals surface area contributed by atoms with E-state index in [1.54, 1.807) is 0 Å². The fourth-order valence-corrected chi connectivity index (χ4v) is 4.61. The molecule has 2 atom stereocenters. The summed E-state index contributed by atoms with van der Waals surface area (Å²) in [5.74, 6) is 0.798. The lowest BCUT2D eigenvalue weighted by Crippen LogP contribution is -2.74. The summed E-state index contributed by atoms with van der Waals surface area (Å²) in [5.41, 5.74) is 3.04. The van der Waals surface area contributed by atoms with Gasteiger partial charge in [0.2, 0.25) is 6.10 Å². The molecule has 3 aromatic rings. The SMILES string of the molecule is O=C1[C@@H](Oc2ccccc2)[C@@]2(c3ccccc3)c3ccccc3CCCN12. The number of hydrogen-bond donors (Lipinski definition) is 0. The smallest absolute Gasteiger partial charge is 0.268 e. The summed E-state index contributed by atoms with van der Waals surface area (Å²) in [7, 11) is 0. The van der Waals surface area contributed by atoms with Gasteiger partial charge in [-0.2, -0.15) is 0 Å². The summed E-state index contributed by atoms with van der Waals surface area (Å²) < 4.78 is 6.31. The van der Waals surface area contributed by atoms with Crippen LogP contribution in [0.2, 0.25) is 0 Å². The average molecular weight is 355 g/mol. The Morgan fingerprint density at radius 1 is 0.852 bits per heavy atom. The standard InChI is InChI=1S/C24H21NO2/c26-23-22(27-20-14-5-2-6-15-20)24(19-12-3-1-4-13-19)21-16-8-7-10-18(21)11-9-17-25(23)24/h1-8,10,12-16,22H,9,11,17H2/t22-,24-/m1/s1. The fraction of sp³-hybridized carbons (Fsp3) is 0.208. The van der Waals surface area contributed by atoms with Crippen LogP contribution in [-0.4, -0.2) is 23.5 Å². The summed E-state index contributed by atoms with van der Waals surface area (Å²) in [4.78, 5) is 15.2. The van der Waals surface area contributed by atoms with Gasteiger partial charge in [-0.25, -0.2) is 0 Å².